The van der Waals surface area contributed by atoms with E-state index in [0.29, 0.717) is 30.7 Å². The van der Waals surface area contributed by atoms with E-state index in [9.17, 15) is 4.79 Å². The zero-order chi connectivity index (χ0) is 22.1. The lowest BCUT2D eigenvalue weighted by Gasteiger charge is -2.10. The van der Waals surface area contributed by atoms with Gasteiger partial charge in [0.15, 0.2) is 11.0 Å². The molecule has 1 N–H and O–H groups in total. The number of allylic oxidation sites excluding steroid dienone is 1. The van der Waals surface area contributed by atoms with Crippen LogP contribution in [0.3, 0.4) is 0 Å². The van der Waals surface area contributed by atoms with Crippen LogP contribution in [-0.4, -0.2) is 33.0 Å². The number of carbonyl (C=O) groups excluding carboxylic acids is 1. The molecule has 1 amide bonds. The van der Waals surface area contributed by atoms with Crippen LogP contribution in [0.2, 0.25) is 0 Å². The fourth-order valence-electron chi connectivity index (χ4n) is 2.97. The van der Waals surface area contributed by atoms with Gasteiger partial charge in [0.25, 0.3) is 0 Å². The summed E-state index contributed by atoms with van der Waals surface area (Å²) in [6.45, 7) is 9.40. The minimum absolute atomic E-state index is 0.0259. The number of benzene rings is 2. The van der Waals surface area contributed by atoms with E-state index in [1.54, 1.807) is 6.08 Å². The maximum absolute atomic E-state index is 12.2. The number of aryl methyl sites for hydroxylation is 2. The molecular formula is C24H28N4O2S. The number of carbonyl (C=O) groups is 1. The van der Waals surface area contributed by atoms with E-state index in [1.165, 1.54) is 28.5 Å². The van der Waals surface area contributed by atoms with Gasteiger partial charge in [0.05, 0.1) is 5.75 Å². The molecule has 0 radical (unpaired) electrons. The number of aromatic nitrogens is 3. The van der Waals surface area contributed by atoms with Crippen molar-refractivity contribution in [2.75, 3.05) is 12.3 Å². The van der Waals surface area contributed by atoms with E-state index in [1.807, 2.05) is 41.0 Å². The molecular weight excluding hydrogens is 408 g/mol. The van der Waals surface area contributed by atoms with Gasteiger partial charge in [-0.25, -0.2) is 0 Å². The zero-order valence-electron chi connectivity index (χ0n) is 18.0. The van der Waals surface area contributed by atoms with Gasteiger partial charge >= 0.3 is 0 Å². The maximum atomic E-state index is 12.2. The average molecular weight is 437 g/mol. The predicted octanol–water partition coefficient (Wildman–Crippen LogP) is 4.11. The summed E-state index contributed by atoms with van der Waals surface area (Å²) in [4.78, 5) is 12.2. The van der Waals surface area contributed by atoms with Crippen LogP contribution in [0.25, 0.3) is 0 Å². The third kappa shape index (κ3) is 6.72. The summed E-state index contributed by atoms with van der Waals surface area (Å²) in [5.41, 5.74) is 3.61. The van der Waals surface area contributed by atoms with Gasteiger partial charge in [-0.3, -0.25) is 9.36 Å². The number of rotatable bonds is 11. The zero-order valence-corrected chi connectivity index (χ0v) is 18.8. The lowest BCUT2D eigenvalue weighted by atomic mass is 10.1. The predicted molar refractivity (Wildman–Crippen MR) is 124 cm³/mol. The highest BCUT2D eigenvalue weighted by atomic mass is 32.2. The van der Waals surface area contributed by atoms with Crippen LogP contribution in [-0.2, 0) is 24.4 Å². The van der Waals surface area contributed by atoms with Crippen LogP contribution >= 0.6 is 11.8 Å². The number of amides is 1. The third-order valence-electron chi connectivity index (χ3n) is 4.86. The summed E-state index contributed by atoms with van der Waals surface area (Å²) < 4.78 is 7.83. The van der Waals surface area contributed by atoms with Crippen LogP contribution in [0, 0.1) is 13.8 Å². The summed E-state index contributed by atoms with van der Waals surface area (Å²) in [7, 11) is 0. The van der Waals surface area contributed by atoms with Crippen LogP contribution < -0.4 is 10.1 Å². The molecule has 162 valence electrons. The van der Waals surface area contributed by atoms with Crippen LogP contribution in [0.5, 0.6) is 5.75 Å². The molecule has 3 aromatic rings. The van der Waals surface area contributed by atoms with Crippen LogP contribution in [0.1, 0.15) is 22.5 Å². The lowest BCUT2D eigenvalue weighted by molar-refractivity contribution is -0.118. The number of hydrogen-bond acceptors (Lipinski definition) is 5. The summed E-state index contributed by atoms with van der Waals surface area (Å²) in [5.74, 6) is 1.75. The van der Waals surface area contributed by atoms with Gasteiger partial charge in [0.1, 0.15) is 12.4 Å². The first-order valence-corrected chi connectivity index (χ1v) is 11.2. The van der Waals surface area contributed by atoms with Gasteiger partial charge in [-0.1, -0.05) is 54.2 Å². The monoisotopic (exact) mass is 436 g/mol. The summed E-state index contributed by atoms with van der Waals surface area (Å²) in [6.07, 6.45) is 2.59. The minimum Gasteiger partial charge on any atom is -0.486 e. The molecule has 31 heavy (non-hydrogen) atoms. The highest BCUT2D eigenvalue weighted by Crippen LogP contribution is 2.20. The van der Waals surface area contributed by atoms with E-state index >= 15 is 0 Å². The van der Waals surface area contributed by atoms with Gasteiger partial charge in [-0.2, -0.15) is 0 Å². The Hall–Kier alpha value is -3.06. The number of hydrogen-bond donors (Lipinski definition) is 1. The van der Waals surface area contributed by atoms with Crippen molar-refractivity contribution >= 4 is 17.7 Å². The largest absolute Gasteiger partial charge is 0.486 e. The minimum atomic E-state index is -0.0259. The Morgan fingerprint density at radius 2 is 1.97 bits per heavy atom. The Morgan fingerprint density at radius 1 is 1.16 bits per heavy atom. The van der Waals surface area contributed by atoms with Crippen molar-refractivity contribution in [3.05, 3.63) is 83.7 Å². The number of nitrogens with one attached hydrogen (secondary N) is 1. The molecule has 1 heterocycles. The maximum Gasteiger partial charge on any atom is 0.230 e. The molecule has 0 bridgehead atoms. The molecule has 3 rings (SSSR count). The standard InChI is InChI=1S/C24H28N4O2S/c1-4-14-28-22(16-30-21-11-10-18(2)19(3)15-21)26-27-24(28)31-17-23(29)25-13-12-20-8-6-5-7-9-20/h4-11,15H,1,12-14,16-17H2,2-3H3,(H,25,29). The van der Waals surface area contributed by atoms with Gasteiger partial charge < -0.3 is 10.1 Å². The molecule has 0 saturated heterocycles. The molecule has 0 saturated carbocycles. The van der Waals surface area contributed by atoms with Gasteiger partial charge in [0.2, 0.25) is 5.91 Å². The summed E-state index contributed by atoms with van der Waals surface area (Å²) >= 11 is 1.36. The van der Waals surface area contributed by atoms with Crippen molar-refractivity contribution in [2.24, 2.45) is 0 Å². The number of nitrogens with zero attached hydrogens (tertiary/aromatic N) is 3. The Morgan fingerprint density at radius 3 is 2.71 bits per heavy atom. The fraction of sp³-hybridized carbons (Fsp3) is 0.292. The van der Waals surface area contributed by atoms with E-state index < -0.39 is 0 Å². The second-order valence-electron chi connectivity index (χ2n) is 7.21. The Labute approximate surface area is 187 Å². The molecule has 1 aromatic heterocycles. The first-order valence-electron chi connectivity index (χ1n) is 10.2. The van der Waals surface area contributed by atoms with E-state index in [4.69, 9.17) is 4.74 Å². The number of thioether (sulfide) groups is 1. The first kappa shape index (κ1) is 22.6. The van der Waals surface area contributed by atoms with Crippen LogP contribution in [0.15, 0.2) is 66.3 Å². The highest BCUT2D eigenvalue weighted by Gasteiger charge is 2.14. The SMILES string of the molecule is C=CCn1c(COc2ccc(C)c(C)c2)nnc1SCC(=O)NCCc1ccccc1. The van der Waals surface area contributed by atoms with Gasteiger partial charge in [-0.05, 0) is 49.1 Å². The second-order valence-corrected chi connectivity index (χ2v) is 8.15. The summed E-state index contributed by atoms with van der Waals surface area (Å²) in [6, 6.07) is 16.1. The molecule has 0 unspecified atom stereocenters. The molecule has 0 spiro atoms. The Balaban J connectivity index is 1.52. The van der Waals surface area contributed by atoms with Crippen molar-refractivity contribution in [1.82, 2.24) is 20.1 Å². The van der Waals surface area contributed by atoms with E-state index in [-0.39, 0.29) is 11.7 Å². The Kier molecular flexibility index (Phi) is 8.29. The third-order valence-corrected chi connectivity index (χ3v) is 5.83. The van der Waals surface area contributed by atoms with Crippen LogP contribution in [0.4, 0.5) is 0 Å². The van der Waals surface area contributed by atoms with Crippen molar-refractivity contribution < 1.29 is 9.53 Å². The second kappa shape index (κ2) is 11.4. The fourth-order valence-corrected chi connectivity index (χ4v) is 3.77. The molecule has 7 heteroatoms. The van der Waals surface area contributed by atoms with E-state index in [2.05, 4.69) is 48.1 Å². The molecule has 0 aliphatic rings. The van der Waals surface area contributed by atoms with E-state index in [0.717, 1.165) is 12.2 Å². The van der Waals surface area contributed by atoms with Gasteiger partial charge in [-0.15, -0.1) is 16.8 Å². The lowest BCUT2D eigenvalue weighted by Crippen LogP contribution is -2.27. The smallest absolute Gasteiger partial charge is 0.230 e. The van der Waals surface area contributed by atoms with Crippen molar-refractivity contribution in [3.63, 3.8) is 0 Å². The first-order chi connectivity index (χ1) is 15.1. The molecule has 0 aliphatic heterocycles. The van der Waals surface area contributed by atoms with Crippen molar-refractivity contribution in [1.29, 1.82) is 0 Å². The molecule has 0 atom stereocenters. The molecule has 2 aromatic carbocycles. The summed E-state index contributed by atoms with van der Waals surface area (Å²) in [5, 5.41) is 12.1. The normalized spacial score (nSPS) is 10.6. The molecule has 0 fully saturated rings. The Bertz CT molecular complexity index is 1020. The molecule has 6 nitrogen and oxygen atoms in total. The van der Waals surface area contributed by atoms with Crippen molar-refractivity contribution in [3.8, 4) is 5.75 Å². The molecule has 0 aliphatic carbocycles. The number of ether oxygens (including phenoxy) is 1. The van der Waals surface area contributed by atoms with Gasteiger partial charge in [0, 0.05) is 13.1 Å². The van der Waals surface area contributed by atoms with Crippen molar-refractivity contribution in [2.45, 2.75) is 38.6 Å². The average Bonchev–Trinajstić information content (AvgIpc) is 3.16. The highest BCUT2D eigenvalue weighted by molar-refractivity contribution is 7.99. The topological polar surface area (TPSA) is 69.0 Å². The quantitative estimate of drug-likeness (QED) is 0.362.